The van der Waals surface area contributed by atoms with Gasteiger partial charge in [0.15, 0.2) is 6.54 Å². The van der Waals surface area contributed by atoms with Crippen molar-refractivity contribution < 1.29 is 90.7 Å². The first-order valence-corrected chi connectivity index (χ1v) is 27.4. The molecule has 0 atom stereocenters. The molecule has 24 heteroatoms. The molecule has 1 aliphatic rings. The number of quaternary nitrogens is 2. The van der Waals surface area contributed by atoms with E-state index in [-0.39, 0.29) is 80.2 Å². The Morgan fingerprint density at radius 2 is 1.03 bits per heavy atom. The van der Waals surface area contributed by atoms with Gasteiger partial charge in [0.1, 0.15) is 17.2 Å². The predicted molar refractivity (Wildman–Crippen MR) is 256 cm³/mol. The Hall–Kier alpha value is -5.34. The van der Waals surface area contributed by atoms with E-state index in [4.69, 9.17) is 28.2 Å². The number of carbonyl (C=O) groups excluding carboxylic acids is 4. The average Bonchev–Trinajstić information content (AvgIpc) is 3.55. The predicted octanol–water partition coefficient (Wildman–Crippen LogP) is 3.86. The van der Waals surface area contributed by atoms with Crippen LogP contribution < -0.4 is 18.8 Å². The monoisotopic (exact) mass is 1040 g/mol. The van der Waals surface area contributed by atoms with Crippen LogP contribution >= 0.6 is 0 Å². The molecule has 1 aromatic heterocycles. The molecule has 21 nitrogen and oxygen atoms in total. The maximum absolute atomic E-state index is 14.9. The topological polar surface area (TPSA) is 275 Å². The van der Waals surface area contributed by atoms with E-state index < -0.39 is 59.9 Å². The molecule has 1 saturated heterocycles. The minimum Gasteiger partial charge on any atom is -0.493 e. The van der Waals surface area contributed by atoms with E-state index in [1.54, 1.807) is 50.2 Å². The molecule has 70 heavy (non-hydrogen) atoms. The SMILES string of the molecule is Cc1cc(C(=O)ON2C(=O)CCC2=O)cc(C)c1OC(=O)c1c2cc(OCCC[N+](C)(C)CCCS(=O)(=O)O)ccc2[n+](CCCS(=O)(=O)O)c2ccc(OCCC[N+](C)(C)CCCS(=O)(=O)O)cc12. The lowest BCUT2D eigenvalue weighted by Crippen LogP contribution is -2.42. The van der Waals surface area contributed by atoms with Crippen molar-refractivity contribution in [2.75, 3.05) is 84.8 Å². The lowest BCUT2D eigenvalue weighted by atomic mass is 10.0. The number of ether oxygens (including phenoxy) is 3. The zero-order valence-corrected chi connectivity index (χ0v) is 42.7. The van der Waals surface area contributed by atoms with Crippen molar-refractivity contribution in [2.45, 2.75) is 65.3 Å². The van der Waals surface area contributed by atoms with Crippen LogP contribution in [0.2, 0.25) is 0 Å². The van der Waals surface area contributed by atoms with E-state index in [0.29, 0.717) is 97.5 Å². The number of hydroxylamine groups is 2. The lowest BCUT2D eigenvalue weighted by molar-refractivity contribution is -0.890. The van der Waals surface area contributed by atoms with Crippen molar-refractivity contribution >= 4 is 75.9 Å². The molecule has 0 aliphatic carbocycles. The highest BCUT2D eigenvalue weighted by atomic mass is 32.2. The highest BCUT2D eigenvalue weighted by Gasteiger charge is 2.34. The third-order valence-electron chi connectivity index (χ3n) is 11.8. The zero-order chi connectivity index (χ0) is 51.8. The number of imide groups is 1. The molecular weight excluding hydrogens is 977 g/mol. The number of hydrogen-bond acceptors (Lipinski definition) is 14. The van der Waals surface area contributed by atoms with Crippen molar-refractivity contribution in [3.05, 3.63) is 70.8 Å². The first-order valence-electron chi connectivity index (χ1n) is 22.6. The number of pyridine rings is 1. The average molecular weight is 1040 g/mol. The second kappa shape index (κ2) is 22.8. The molecule has 0 spiro atoms. The Morgan fingerprint density at radius 1 is 0.614 bits per heavy atom. The van der Waals surface area contributed by atoms with E-state index in [2.05, 4.69) is 0 Å². The quantitative estimate of drug-likeness (QED) is 0.0118. The van der Waals surface area contributed by atoms with Crippen LogP contribution in [0.25, 0.3) is 21.8 Å². The van der Waals surface area contributed by atoms with Crippen LogP contribution in [0.4, 0.5) is 0 Å². The summed E-state index contributed by atoms with van der Waals surface area (Å²) < 4.78 is 118. The summed E-state index contributed by atoms with van der Waals surface area (Å²) in [5, 5.41) is 1.13. The van der Waals surface area contributed by atoms with Gasteiger partial charge in [0.2, 0.25) is 11.0 Å². The van der Waals surface area contributed by atoms with Crippen LogP contribution in [0, 0.1) is 13.8 Å². The Morgan fingerprint density at radius 3 is 1.46 bits per heavy atom. The Balaban J connectivity index is 1.53. The summed E-state index contributed by atoms with van der Waals surface area (Å²) >= 11 is 0. The Bertz CT molecular complexity index is 2820. The summed E-state index contributed by atoms with van der Waals surface area (Å²) in [6.07, 6.45) is 1.45. The van der Waals surface area contributed by atoms with Gasteiger partial charge in [0.25, 0.3) is 42.2 Å². The van der Waals surface area contributed by atoms with Gasteiger partial charge in [-0.05, 0) is 61.4 Å². The number of hydrogen-bond donors (Lipinski definition) is 3. The van der Waals surface area contributed by atoms with E-state index >= 15 is 0 Å². The van der Waals surface area contributed by atoms with Crippen molar-refractivity contribution in [2.24, 2.45) is 0 Å². The number of carbonyl (C=O) groups is 4. The van der Waals surface area contributed by atoms with Gasteiger partial charge in [-0.15, -0.1) is 5.06 Å². The maximum atomic E-state index is 14.9. The molecule has 3 N–H and O–H groups in total. The summed E-state index contributed by atoms with van der Waals surface area (Å²) in [7, 11) is -4.79. The van der Waals surface area contributed by atoms with Gasteiger partial charge in [-0.3, -0.25) is 23.2 Å². The molecule has 0 bridgehead atoms. The van der Waals surface area contributed by atoms with Gasteiger partial charge in [-0.25, -0.2) is 9.59 Å². The second-order valence-electron chi connectivity index (χ2n) is 18.8. The molecule has 0 saturated carbocycles. The van der Waals surface area contributed by atoms with Gasteiger partial charge in [0, 0.05) is 57.1 Å². The number of aryl methyl sites for hydroxylation is 3. The van der Waals surface area contributed by atoms with Gasteiger partial charge in [-0.2, -0.15) is 29.8 Å². The van der Waals surface area contributed by atoms with E-state index in [1.807, 2.05) is 32.8 Å². The van der Waals surface area contributed by atoms with Crippen LogP contribution in [0.15, 0.2) is 48.5 Å². The number of aromatic nitrogens is 1. The zero-order valence-electron chi connectivity index (χ0n) is 40.2. The summed E-state index contributed by atoms with van der Waals surface area (Å²) in [5.74, 6) is -3.48. The van der Waals surface area contributed by atoms with Crippen molar-refractivity contribution in [3.8, 4) is 17.2 Å². The number of benzene rings is 3. The summed E-state index contributed by atoms with van der Waals surface area (Å²) in [6, 6.07) is 12.9. The van der Waals surface area contributed by atoms with Crippen molar-refractivity contribution in [1.82, 2.24) is 5.06 Å². The van der Waals surface area contributed by atoms with Gasteiger partial charge in [-0.1, -0.05) is 0 Å². The van der Waals surface area contributed by atoms with Gasteiger partial charge >= 0.3 is 11.9 Å². The first kappa shape index (κ1) is 55.6. The molecule has 5 rings (SSSR count). The highest BCUT2D eigenvalue weighted by molar-refractivity contribution is 7.86. The third kappa shape index (κ3) is 16.4. The third-order valence-corrected chi connectivity index (χ3v) is 14.2. The largest absolute Gasteiger partial charge is 0.493 e. The highest BCUT2D eigenvalue weighted by Crippen LogP contribution is 2.34. The molecule has 1 fully saturated rings. The Kier molecular flexibility index (Phi) is 18.1. The number of amides is 2. The van der Waals surface area contributed by atoms with Gasteiger partial charge in [0.05, 0.1) is 107 Å². The minimum absolute atomic E-state index is 0.00219. The fourth-order valence-corrected chi connectivity index (χ4v) is 9.81. The number of nitrogens with zero attached hydrogens (tertiary/aromatic N) is 4. The summed E-state index contributed by atoms with van der Waals surface area (Å²) in [6.45, 7) is 5.93. The number of rotatable bonds is 26. The molecular formula is C46H63N4O17S3+3. The lowest BCUT2D eigenvalue weighted by Gasteiger charge is -2.29. The maximum Gasteiger partial charge on any atom is 0.363 e. The molecule has 2 amide bonds. The molecule has 3 aromatic carbocycles. The van der Waals surface area contributed by atoms with E-state index in [1.165, 1.54) is 12.1 Å². The number of fused-ring (bicyclic) bond motifs is 2. The molecule has 4 aromatic rings. The van der Waals surface area contributed by atoms with Gasteiger partial charge < -0.3 is 28.0 Å². The van der Waals surface area contributed by atoms with Crippen molar-refractivity contribution in [1.29, 1.82) is 0 Å². The fraction of sp³-hybridized carbons (Fsp3) is 0.500. The standard InChI is InChI=1S/C46H60N4O17S3/c1-32-28-34(45(53)67-48-41(51)16-17-42(48)52)29-33(2)44(32)66-46(54)43-37-30-35(64-23-8-19-49(3,4)21-10-26-69(58,59)60)12-14-39(37)47(18-7-25-68(55,56)57)40-15-13-36(31-38(40)43)65-24-9-20-50(5,6)22-11-27-70(61,62)63/h12-15,28-31H,7-11,16-27H2,1-6H3/p+3. The normalized spacial score (nSPS) is 13.9. The molecule has 0 unspecified atom stereocenters. The van der Waals surface area contributed by atoms with E-state index in [0.717, 1.165) is 0 Å². The molecule has 0 radical (unpaired) electrons. The summed E-state index contributed by atoms with van der Waals surface area (Å²) in [4.78, 5) is 57.3. The first-order chi connectivity index (χ1) is 32.5. The van der Waals surface area contributed by atoms with Crippen LogP contribution in [0.5, 0.6) is 17.2 Å². The Labute approximate surface area is 408 Å². The van der Waals surface area contributed by atoms with E-state index in [9.17, 15) is 49.0 Å². The smallest absolute Gasteiger partial charge is 0.363 e. The van der Waals surface area contributed by atoms with Crippen molar-refractivity contribution in [3.63, 3.8) is 0 Å². The molecule has 1 aliphatic heterocycles. The second-order valence-corrected chi connectivity index (χ2v) is 23.5. The number of esters is 1. The molecule has 384 valence electrons. The minimum atomic E-state index is -4.34. The van der Waals surface area contributed by atoms with Crippen LogP contribution in [0.1, 0.15) is 76.8 Å². The fourth-order valence-electron chi connectivity index (χ4n) is 8.33. The summed E-state index contributed by atoms with van der Waals surface area (Å²) in [5.41, 5.74) is 1.73. The van der Waals surface area contributed by atoms with Crippen LogP contribution in [-0.4, -0.2) is 162 Å². The van der Waals surface area contributed by atoms with Crippen LogP contribution in [-0.2, 0) is 51.3 Å². The molecule has 2 heterocycles. The van der Waals surface area contributed by atoms with Crippen LogP contribution in [0.3, 0.4) is 0 Å².